The molecule has 3 aromatic carbocycles. The van der Waals surface area contributed by atoms with Gasteiger partial charge in [0.2, 0.25) is 0 Å². The van der Waals surface area contributed by atoms with Crippen molar-refractivity contribution >= 4 is 38.1 Å². The average Bonchev–Trinajstić information content (AvgIpc) is 3.50. The molecule has 194 valence electrons. The van der Waals surface area contributed by atoms with Crippen LogP contribution in [0.5, 0.6) is 0 Å². The molecule has 10 heteroatoms. The zero-order chi connectivity index (χ0) is 26.4. The number of halogens is 1. The van der Waals surface area contributed by atoms with Crippen LogP contribution in [0.2, 0.25) is 0 Å². The lowest BCUT2D eigenvalue weighted by Crippen LogP contribution is -2.37. The summed E-state index contributed by atoms with van der Waals surface area (Å²) < 4.78 is 48.3. The summed E-state index contributed by atoms with van der Waals surface area (Å²) in [7, 11) is -3.96. The highest BCUT2D eigenvalue weighted by Crippen LogP contribution is 2.35. The number of oxazole rings is 1. The van der Waals surface area contributed by atoms with Crippen molar-refractivity contribution in [3.8, 4) is 11.1 Å². The Morgan fingerprint density at radius 1 is 1.05 bits per heavy atom. The molecular weight excluding hydrogens is 509 g/mol. The fourth-order valence-electron chi connectivity index (χ4n) is 5.11. The standard InChI is InChI=1S/C28H24FN3O5S/c29-20-7-8-22-23(17-32(25(22)16-20)38(35,36)21-4-2-1-3-5-21)19-6-9-24-26(15-19)37-27(30-24)14-18-10-12-31(13-11-18)28(33)34/h1-9,15-18H,10-14H2,(H,33,34). The van der Waals surface area contributed by atoms with Crippen molar-refractivity contribution in [2.75, 3.05) is 13.1 Å². The van der Waals surface area contributed by atoms with Gasteiger partial charge in [0.25, 0.3) is 10.0 Å². The molecule has 5 aromatic rings. The molecule has 0 radical (unpaired) electrons. The van der Waals surface area contributed by atoms with Crippen LogP contribution in [0.15, 0.2) is 82.2 Å². The smallest absolute Gasteiger partial charge is 0.407 e. The molecule has 3 heterocycles. The van der Waals surface area contributed by atoms with Gasteiger partial charge in [-0.25, -0.2) is 26.6 Å². The number of carboxylic acid groups (broad SMARTS) is 1. The van der Waals surface area contributed by atoms with Gasteiger partial charge in [-0.3, -0.25) is 0 Å². The Morgan fingerprint density at radius 3 is 2.55 bits per heavy atom. The van der Waals surface area contributed by atoms with Crippen molar-refractivity contribution in [2.45, 2.75) is 24.2 Å². The number of fused-ring (bicyclic) bond motifs is 2. The van der Waals surface area contributed by atoms with Crippen molar-refractivity contribution in [1.29, 1.82) is 0 Å². The Hall–Kier alpha value is -4.18. The number of likely N-dealkylation sites (tertiary alicyclic amines) is 1. The molecular formula is C28H24FN3O5S. The number of hydrogen-bond donors (Lipinski definition) is 1. The second-order valence-electron chi connectivity index (χ2n) is 9.53. The van der Waals surface area contributed by atoms with E-state index in [0.29, 0.717) is 53.0 Å². The van der Waals surface area contributed by atoms with Crippen LogP contribution in [0.25, 0.3) is 33.1 Å². The van der Waals surface area contributed by atoms with Gasteiger partial charge in [-0.05, 0) is 66.8 Å². The van der Waals surface area contributed by atoms with E-state index in [2.05, 4.69) is 4.98 Å². The van der Waals surface area contributed by atoms with Gasteiger partial charge >= 0.3 is 6.09 Å². The maximum Gasteiger partial charge on any atom is 0.407 e. The Kier molecular flexibility index (Phi) is 5.91. The van der Waals surface area contributed by atoms with Crippen LogP contribution in [0.1, 0.15) is 18.7 Å². The second kappa shape index (κ2) is 9.29. The third-order valence-corrected chi connectivity index (χ3v) is 8.81. The van der Waals surface area contributed by atoms with Crippen LogP contribution in [0, 0.1) is 11.7 Å². The Balaban J connectivity index is 1.35. The number of carbonyl (C=O) groups is 1. The van der Waals surface area contributed by atoms with Gasteiger partial charge in [0.05, 0.1) is 10.4 Å². The third-order valence-electron chi connectivity index (χ3n) is 7.13. The summed E-state index contributed by atoms with van der Waals surface area (Å²) in [5.74, 6) is 0.340. The number of hydrogen-bond acceptors (Lipinski definition) is 5. The molecule has 0 atom stereocenters. The molecule has 1 aliphatic heterocycles. The maximum atomic E-state index is 14.2. The highest BCUT2D eigenvalue weighted by Gasteiger charge is 2.25. The number of benzene rings is 3. The van der Waals surface area contributed by atoms with E-state index in [1.54, 1.807) is 24.3 Å². The molecule has 0 unspecified atom stereocenters. The topological polar surface area (TPSA) is 106 Å². The summed E-state index contributed by atoms with van der Waals surface area (Å²) in [4.78, 5) is 17.3. The lowest BCUT2D eigenvalue weighted by molar-refractivity contribution is 0.123. The lowest BCUT2D eigenvalue weighted by atomic mass is 9.94. The van der Waals surface area contributed by atoms with Crippen LogP contribution in [0.3, 0.4) is 0 Å². The van der Waals surface area contributed by atoms with Gasteiger partial charge in [-0.1, -0.05) is 24.3 Å². The highest BCUT2D eigenvalue weighted by molar-refractivity contribution is 7.90. The molecule has 6 rings (SSSR count). The molecule has 0 spiro atoms. The first kappa shape index (κ1) is 24.2. The normalized spacial score (nSPS) is 14.9. The fraction of sp³-hybridized carbons (Fsp3) is 0.214. The zero-order valence-electron chi connectivity index (χ0n) is 20.2. The molecule has 38 heavy (non-hydrogen) atoms. The van der Waals surface area contributed by atoms with E-state index in [0.717, 1.165) is 16.8 Å². The van der Waals surface area contributed by atoms with Gasteiger partial charge in [-0.15, -0.1) is 0 Å². The predicted octanol–water partition coefficient (Wildman–Crippen LogP) is 5.76. The van der Waals surface area contributed by atoms with E-state index in [1.807, 2.05) is 18.2 Å². The zero-order valence-corrected chi connectivity index (χ0v) is 21.1. The largest absolute Gasteiger partial charge is 0.465 e. The van der Waals surface area contributed by atoms with E-state index in [4.69, 9.17) is 9.52 Å². The second-order valence-corrected chi connectivity index (χ2v) is 11.3. The molecule has 1 fully saturated rings. The third kappa shape index (κ3) is 4.30. The van der Waals surface area contributed by atoms with E-state index < -0.39 is 21.9 Å². The first-order valence-corrected chi connectivity index (χ1v) is 13.7. The molecule has 8 nitrogen and oxygen atoms in total. The molecule has 1 aliphatic rings. The minimum atomic E-state index is -3.96. The summed E-state index contributed by atoms with van der Waals surface area (Å²) in [5.41, 5.74) is 2.83. The first-order chi connectivity index (χ1) is 18.3. The Bertz CT molecular complexity index is 1770. The monoisotopic (exact) mass is 533 g/mol. The van der Waals surface area contributed by atoms with Gasteiger partial charge in [-0.2, -0.15) is 0 Å². The summed E-state index contributed by atoms with van der Waals surface area (Å²) in [6, 6.07) is 17.6. The van der Waals surface area contributed by atoms with Crippen molar-refractivity contribution in [3.05, 3.63) is 84.6 Å². The SMILES string of the molecule is O=C(O)N1CCC(Cc2nc3ccc(-c4cn(S(=O)(=O)c5ccccc5)c5cc(F)ccc45)cc3o2)CC1. The van der Waals surface area contributed by atoms with E-state index in [9.17, 15) is 17.6 Å². The first-order valence-electron chi connectivity index (χ1n) is 12.3. The minimum Gasteiger partial charge on any atom is -0.465 e. The van der Waals surface area contributed by atoms with Crippen molar-refractivity contribution in [3.63, 3.8) is 0 Å². The van der Waals surface area contributed by atoms with Crippen LogP contribution >= 0.6 is 0 Å². The van der Waals surface area contributed by atoms with Crippen molar-refractivity contribution in [1.82, 2.24) is 13.9 Å². The quantitative estimate of drug-likeness (QED) is 0.308. The van der Waals surface area contributed by atoms with Crippen LogP contribution < -0.4 is 0 Å². The number of amides is 1. The average molecular weight is 534 g/mol. The fourth-order valence-corrected chi connectivity index (χ4v) is 6.49. The van der Waals surface area contributed by atoms with E-state index >= 15 is 0 Å². The number of nitrogens with zero attached hydrogens (tertiary/aromatic N) is 3. The van der Waals surface area contributed by atoms with Crippen molar-refractivity contribution < 1.29 is 27.1 Å². The molecule has 2 aromatic heterocycles. The molecule has 1 amide bonds. The molecule has 0 saturated carbocycles. The van der Waals surface area contributed by atoms with Crippen LogP contribution in [-0.2, 0) is 16.4 Å². The van der Waals surface area contributed by atoms with Gasteiger partial charge in [0.1, 0.15) is 11.3 Å². The summed E-state index contributed by atoms with van der Waals surface area (Å²) in [6.07, 6.45) is 2.75. The highest BCUT2D eigenvalue weighted by atomic mass is 32.2. The van der Waals surface area contributed by atoms with Crippen molar-refractivity contribution in [2.24, 2.45) is 5.92 Å². The minimum absolute atomic E-state index is 0.109. The molecule has 1 N–H and O–H groups in total. The summed E-state index contributed by atoms with van der Waals surface area (Å²) >= 11 is 0. The molecule has 0 aliphatic carbocycles. The number of rotatable bonds is 5. The number of aromatic nitrogens is 2. The molecule has 1 saturated heterocycles. The maximum absolute atomic E-state index is 14.2. The van der Waals surface area contributed by atoms with E-state index in [-0.39, 0.29) is 16.3 Å². The van der Waals surface area contributed by atoms with Gasteiger partial charge in [0.15, 0.2) is 11.5 Å². The van der Waals surface area contributed by atoms with E-state index in [1.165, 1.54) is 35.4 Å². The van der Waals surface area contributed by atoms with Gasteiger partial charge in [0, 0.05) is 36.7 Å². The van der Waals surface area contributed by atoms with Crippen LogP contribution in [0.4, 0.5) is 9.18 Å². The Morgan fingerprint density at radius 2 is 1.82 bits per heavy atom. The number of piperidine rings is 1. The molecule has 0 bridgehead atoms. The van der Waals surface area contributed by atoms with Crippen LogP contribution in [-0.4, -0.2) is 46.6 Å². The van der Waals surface area contributed by atoms with Gasteiger partial charge < -0.3 is 14.4 Å². The Labute approximate surface area is 218 Å². The summed E-state index contributed by atoms with van der Waals surface area (Å²) in [6.45, 7) is 1.00. The lowest BCUT2D eigenvalue weighted by Gasteiger charge is -2.29. The predicted molar refractivity (Wildman–Crippen MR) is 140 cm³/mol. The summed E-state index contributed by atoms with van der Waals surface area (Å²) in [5, 5.41) is 9.75.